The van der Waals surface area contributed by atoms with Crippen LogP contribution in [0, 0.1) is 0 Å². The molecule has 0 unspecified atom stereocenters. The van der Waals surface area contributed by atoms with Crippen LogP contribution in [0.3, 0.4) is 0 Å². The number of aliphatic hydroxyl groups is 3. The lowest BCUT2D eigenvalue weighted by Gasteiger charge is -2.13. The van der Waals surface area contributed by atoms with E-state index in [4.69, 9.17) is 9.84 Å². The Balaban J connectivity index is 2.44. The Morgan fingerprint density at radius 1 is 1.36 bits per heavy atom. The Morgan fingerprint density at radius 3 is 2.36 bits per heavy atom. The molecule has 0 aromatic rings. The van der Waals surface area contributed by atoms with Crippen molar-refractivity contribution in [1.82, 2.24) is 0 Å². The van der Waals surface area contributed by atoms with Crippen LogP contribution in [-0.2, 0) is 14.3 Å². The zero-order valence-electron chi connectivity index (χ0n) is 7.79. The molecule has 1 fully saturated rings. The summed E-state index contributed by atoms with van der Waals surface area (Å²) in [4.78, 5) is 10.5. The van der Waals surface area contributed by atoms with Crippen molar-refractivity contribution in [2.45, 2.75) is 31.3 Å². The van der Waals surface area contributed by atoms with Gasteiger partial charge in [-0.25, -0.2) is 0 Å². The maximum absolute atomic E-state index is 10.5. The molecule has 1 saturated heterocycles. The third kappa shape index (κ3) is 2.42. The molecule has 0 bridgehead atoms. The van der Waals surface area contributed by atoms with E-state index in [-0.39, 0.29) is 13.2 Å². The summed E-state index contributed by atoms with van der Waals surface area (Å²) in [6, 6.07) is 0. The zero-order chi connectivity index (χ0) is 10.7. The van der Waals surface area contributed by atoms with E-state index in [1.54, 1.807) is 0 Å². The minimum atomic E-state index is -1.14. The van der Waals surface area contributed by atoms with Crippen LogP contribution in [-0.4, -0.2) is 58.9 Å². The van der Waals surface area contributed by atoms with Gasteiger partial charge >= 0.3 is 5.97 Å². The van der Waals surface area contributed by atoms with Crippen LogP contribution < -0.4 is 0 Å². The lowest BCUT2D eigenvalue weighted by atomic mass is 10.1. The molecule has 3 N–H and O–H groups in total. The van der Waals surface area contributed by atoms with E-state index in [2.05, 4.69) is 4.74 Å². The van der Waals surface area contributed by atoms with Crippen LogP contribution in [0.25, 0.3) is 0 Å². The standard InChI is InChI=1S/C8H14O6/c1-4(10)13-3-6-8(12)7(11)5(2-9)14-6/h5-9,11-12H,2-3H2,1H3/t5-,6-,7-,8-/m1/s1. The SMILES string of the molecule is CC(=O)OC[C@H]1O[C@H](CO)[C@@H](O)[C@@H]1O. The van der Waals surface area contributed by atoms with Gasteiger partial charge < -0.3 is 24.8 Å². The molecule has 0 saturated carbocycles. The number of carbonyl (C=O) groups excluding carboxylic acids is 1. The van der Waals surface area contributed by atoms with Gasteiger partial charge in [0.15, 0.2) is 0 Å². The van der Waals surface area contributed by atoms with Gasteiger partial charge in [0, 0.05) is 6.92 Å². The number of carbonyl (C=O) groups is 1. The van der Waals surface area contributed by atoms with Gasteiger partial charge in [0.05, 0.1) is 6.61 Å². The van der Waals surface area contributed by atoms with Gasteiger partial charge in [-0.2, -0.15) is 0 Å². The second-order valence-corrected chi connectivity index (χ2v) is 3.18. The monoisotopic (exact) mass is 206 g/mol. The molecule has 1 aliphatic heterocycles. The van der Waals surface area contributed by atoms with E-state index in [9.17, 15) is 15.0 Å². The predicted molar refractivity (Wildman–Crippen MR) is 44.4 cm³/mol. The van der Waals surface area contributed by atoms with Gasteiger partial charge in [-0.3, -0.25) is 4.79 Å². The molecular weight excluding hydrogens is 192 g/mol. The first kappa shape index (κ1) is 11.4. The fourth-order valence-corrected chi connectivity index (χ4v) is 1.31. The molecule has 0 spiro atoms. The molecule has 82 valence electrons. The Hall–Kier alpha value is -0.690. The van der Waals surface area contributed by atoms with Crippen molar-refractivity contribution in [2.24, 2.45) is 0 Å². The van der Waals surface area contributed by atoms with E-state index in [1.807, 2.05) is 0 Å². The van der Waals surface area contributed by atoms with Gasteiger partial charge in [0.2, 0.25) is 0 Å². The molecule has 0 amide bonds. The number of hydrogen-bond acceptors (Lipinski definition) is 6. The molecule has 0 aromatic carbocycles. The Bertz CT molecular complexity index is 206. The number of aliphatic hydroxyl groups excluding tert-OH is 3. The summed E-state index contributed by atoms with van der Waals surface area (Å²) in [6.07, 6.45) is -3.86. The fraction of sp³-hybridized carbons (Fsp3) is 0.875. The molecule has 1 aliphatic rings. The highest BCUT2D eigenvalue weighted by molar-refractivity contribution is 5.65. The van der Waals surface area contributed by atoms with E-state index in [0.29, 0.717) is 0 Å². The van der Waals surface area contributed by atoms with Gasteiger partial charge in [-0.1, -0.05) is 0 Å². The largest absolute Gasteiger partial charge is 0.463 e. The van der Waals surface area contributed by atoms with Crippen molar-refractivity contribution >= 4 is 5.97 Å². The molecule has 1 heterocycles. The average molecular weight is 206 g/mol. The van der Waals surface area contributed by atoms with Crippen LogP contribution in [0.15, 0.2) is 0 Å². The normalized spacial score (nSPS) is 37.1. The van der Waals surface area contributed by atoms with E-state index in [1.165, 1.54) is 6.92 Å². The molecule has 14 heavy (non-hydrogen) atoms. The summed E-state index contributed by atoms with van der Waals surface area (Å²) in [6.45, 7) is 0.736. The summed E-state index contributed by atoms with van der Waals surface area (Å²) in [5, 5.41) is 27.5. The molecule has 1 rings (SSSR count). The van der Waals surface area contributed by atoms with Gasteiger partial charge in [-0.15, -0.1) is 0 Å². The maximum atomic E-state index is 10.5. The highest BCUT2D eigenvalue weighted by atomic mass is 16.6. The van der Waals surface area contributed by atoms with Crippen molar-refractivity contribution in [3.05, 3.63) is 0 Å². The summed E-state index contributed by atoms with van der Waals surface area (Å²) >= 11 is 0. The smallest absolute Gasteiger partial charge is 0.302 e. The Labute approximate surface area is 81.1 Å². The Kier molecular flexibility index (Phi) is 3.82. The summed E-state index contributed by atoms with van der Waals surface area (Å²) in [5.74, 6) is -0.484. The van der Waals surface area contributed by atoms with E-state index < -0.39 is 30.4 Å². The molecule has 0 aliphatic carbocycles. The first-order chi connectivity index (χ1) is 6.56. The van der Waals surface area contributed by atoms with Gasteiger partial charge in [0.1, 0.15) is 31.0 Å². The molecule has 0 radical (unpaired) electrons. The second kappa shape index (κ2) is 4.70. The van der Waals surface area contributed by atoms with Gasteiger partial charge in [-0.05, 0) is 0 Å². The number of rotatable bonds is 3. The van der Waals surface area contributed by atoms with Crippen LogP contribution in [0.2, 0.25) is 0 Å². The maximum Gasteiger partial charge on any atom is 0.302 e. The highest BCUT2D eigenvalue weighted by Gasteiger charge is 2.42. The highest BCUT2D eigenvalue weighted by Crippen LogP contribution is 2.21. The van der Waals surface area contributed by atoms with Crippen LogP contribution >= 0.6 is 0 Å². The predicted octanol–water partition coefficient (Wildman–Crippen LogP) is -1.97. The number of esters is 1. The topological polar surface area (TPSA) is 96.2 Å². The van der Waals surface area contributed by atoms with Crippen molar-refractivity contribution in [3.8, 4) is 0 Å². The van der Waals surface area contributed by atoms with Gasteiger partial charge in [0.25, 0.3) is 0 Å². The fourth-order valence-electron chi connectivity index (χ4n) is 1.31. The number of ether oxygens (including phenoxy) is 2. The van der Waals surface area contributed by atoms with E-state index in [0.717, 1.165) is 0 Å². The zero-order valence-corrected chi connectivity index (χ0v) is 7.79. The second-order valence-electron chi connectivity index (χ2n) is 3.18. The molecule has 0 aromatic heterocycles. The van der Waals surface area contributed by atoms with Crippen molar-refractivity contribution in [3.63, 3.8) is 0 Å². The lowest BCUT2D eigenvalue weighted by molar-refractivity contribution is -0.146. The molecule has 6 nitrogen and oxygen atoms in total. The Morgan fingerprint density at radius 2 is 1.93 bits per heavy atom. The third-order valence-electron chi connectivity index (χ3n) is 2.09. The lowest BCUT2D eigenvalue weighted by Crippen LogP contribution is -2.35. The average Bonchev–Trinajstić information content (AvgIpc) is 2.41. The first-order valence-electron chi connectivity index (χ1n) is 4.32. The summed E-state index contributed by atoms with van der Waals surface area (Å²) in [5.41, 5.74) is 0. The molecule has 4 atom stereocenters. The van der Waals surface area contributed by atoms with Crippen LogP contribution in [0.4, 0.5) is 0 Å². The van der Waals surface area contributed by atoms with Crippen molar-refractivity contribution in [1.29, 1.82) is 0 Å². The quantitative estimate of drug-likeness (QED) is 0.464. The molecular formula is C8H14O6. The first-order valence-corrected chi connectivity index (χ1v) is 4.32. The van der Waals surface area contributed by atoms with Crippen molar-refractivity contribution < 1.29 is 29.6 Å². The third-order valence-corrected chi connectivity index (χ3v) is 2.09. The summed E-state index contributed by atoms with van der Waals surface area (Å²) in [7, 11) is 0. The van der Waals surface area contributed by atoms with Crippen molar-refractivity contribution in [2.75, 3.05) is 13.2 Å². The summed E-state index contributed by atoms with van der Waals surface area (Å²) < 4.78 is 9.68. The van der Waals surface area contributed by atoms with E-state index >= 15 is 0 Å². The molecule has 6 heteroatoms. The van der Waals surface area contributed by atoms with Crippen LogP contribution in [0.1, 0.15) is 6.92 Å². The number of hydrogen-bond donors (Lipinski definition) is 3. The minimum absolute atomic E-state index is 0.121. The minimum Gasteiger partial charge on any atom is -0.463 e. The van der Waals surface area contributed by atoms with Crippen LogP contribution in [0.5, 0.6) is 0 Å².